The predicted octanol–water partition coefficient (Wildman–Crippen LogP) is 3.51. The maximum Gasteiger partial charge on any atom is 0.0568 e. The zero-order valence-corrected chi connectivity index (χ0v) is 9.25. The van der Waals surface area contributed by atoms with Gasteiger partial charge in [-0.1, -0.05) is 44.9 Å². The van der Waals surface area contributed by atoms with Crippen molar-refractivity contribution in [2.75, 3.05) is 0 Å². The minimum atomic E-state index is 0.0404. The van der Waals surface area contributed by atoms with E-state index in [1.165, 1.54) is 57.8 Å². The molecule has 2 fully saturated rings. The molecule has 2 aliphatic carbocycles. The average molecular weight is 196 g/mol. The molecule has 0 heterocycles. The number of rotatable bonds is 3. The number of hydrogen-bond donors (Lipinski definition) is 1. The zero-order chi connectivity index (χ0) is 9.80. The van der Waals surface area contributed by atoms with E-state index in [1.807, 2.05) is 0 Å². The van der Waals surface area contributed by atoms with E-state index in [-0.39, 0.29) is 6.10 Å². The van der Waals surface area contributed by atoms with Crippen LogP contribution in [0.1, 0.15) is 64.2 Å². The Balaban J connectivity index is 1.65. The van der Waals surface area contributed by atoms with Gasteiger partial charge in [0.15, 0.2) is 0 Å². The molecule has 82 valence electrons. The zero-order valence-electron chi connectivity index (χ0n) is 9.25. The molecule has 0 aromatic carbocycles. The topological polar surface area (TPSA) is 20.2 Å². The standard InChI is InChI=1S/C13H24O/c14-13-8-4-7-12(13)10-9-11-5-2-1-3-6-11/h11-14H,1-10H2. The first kappa shape index (κ1) is 10.5. The lowest BCUT2D eigenvalue weighted by molar-refractivity contribution is 0.121. The summed E-state index contributed by atoms with van der Waals surface area (Å²) in [5.41, 5.74) is 0. The third-order valence-corrected chi connectivity index (χ3v) is 4.29. The fourth-order valence-electron chi connectivity index (χ4n) is 3.28. The van der Waals surface area contributed by atoms with Crippen molar-refractivity contribution in [3.63, 3.8) is 0 Å². The van der Waals surface area contributed by atoms with Gasteiger partial charge in [-0.25, -0.2) is 0 Å². The van der Waals surface area contributed by atoms with Gasteiger partial charge >= 0.3 is 0 Å². The second kappa shape index (κ2) is 5.16. The lowest BCUT2D eigenvalue weighted by atomic mass is 9.83. The molecule has 0 aromatic heterocycles. The van der Waals surface area contributed by atoms with E-state index in [1.54, 1.807) is 0 Å². The lowest BCUT2D eigenvalue weighted by Gasteiger charge is -2.23. The quantitative estimate of drug-likeness (QED) is 0.732. The molecule has 2 saturated carbocycles. The number of aliphatic hydroxyl groups is 1. The summed E-state index contributed by atoms with van der Waals surface area (Å²) in [6.45, 7) is 0. The number of hydrogen-bond acceptors (Lipinski definition) is 1. The normalized spacial score (nSPS) is 34.9. The molecular weight excluding hydrogens is 172 g/mol. The Morgan fingerprint density at radius 1 is 0.786 bits per heavy atom. The summed E-state index contributed by atoms with van der Waals surface area (Å²) < 4.78 is 0. The van der Waals surface area contributed by atoms with Crippen LogP contribution in [0.15, 0.2) is 0 Å². The van der Waals surface area contributed by atoms with Gasteiger partial charge in [-0.05, 0) is 31.1 Å². The molecule has 2 rings (SSSR count). The van der Waals surface area contributed by atoms with E-state index in [2.05, 4.69) is 0 Å². The Morgan fingerprint density at radius 3 is 2.21 bits per heavy atom. The molecule has 2 atom stereocenters. The summed E-state index contributed by atoms with van der Waals surface area (Å²) in [5.74, 6) is 1.65. The summed E-state index contributed by atoms with van der Waals surface area (Å²) >= 11 is 0. The molecule has 14 heavy (non-hydrogen) atoms. The van der Waals surface area contributed by atoms with Crippen molar-refractivity contribution < 1.29 is 5.11 Å². The van der Waals surface area contributed by atoms with Crippen LogP contribution in [0.5, 0.6) is 0 Å². The first-order valence-electron chi connectivity index (χ1n) is 6.54. The van der Waals surface area contributed by atoms with Gasteiger partial charge in [0.2, 0.25) is 0 Å². The highest BCUT2D eigenvalue weighted by Crippen LogP contribution is 2.34. The molecule has 0 spiro atoms. The van der Waals surface area contributed by atoms with Gasteiger partial charge in [-0.3, -0.25) is 0 Å². The third-order valence-electron chi connectivity index (χ3n) is 4.29. The summed E-state index contributed by atoms with van der Waals surface area (Å²) in [4.78, 5) is 0. The van der Waals surface area contributed by atoms with Crippen molar-refractivity contribution in [2.45, 2.75) is 70.3 Å². The van der Waals surface area contributed by atoms with Crippen LogP contribution in [-0.4, -0.2) is 11.2 Å². The van der Waals surface area contributed by atoms with Crippen LogP contribution in [0.2, 0.25) is 0 Å². The van der Waals surface area contributed by atoms with Crippen LogP contribution in [0, 0.1) is 11.8 Å². The largest absolute Gasteiger partial charge is 0.393 e. The Labute approximate surface area is 87.9 Å². The summed E-state index contributed by atoms with van der Waals surface area (Å²) in [6.07, 6.45) is 13.6. The van der Waals surface area contributed by atoms with Crippen molar-refractivity contribution in [2.24, 2.45) is 11.8 Å². The van der Waals surface area contributed by atoms with Crippen LogP contribution in [0.3, 0.4) is 0 Å². The van der Waals surface area contributed by atoms with E-state index in [0.29, 0.717) is 5.92 Å². The first-order chi connectivity index (χ1) is 6.86. The minimum Gasteiger partial charge on any atom is -0.393 e. The van der Waals surface area contributed by atoms with Crippen molar-refractivity contribution in [3.05, 3.63) is 0 Å². The highest BCUT2D eigenvalue weighted by molar-refractivity contribution is 4.78. The van der Waals surface area contributed by atoms with Crippen LogP contribution in [-0.2, 0) is 0 Å². The SMILES string of the molecule is OC1CCCC1CCC1CCCCC1. The maximum atomic E-state index is 9.72. The summed E-state index contributed by atoms with van der Waals surface area (Å²) in [6, 6.07) is 0. The molecule has 0 aliphatic heterocycles. The smallest absolute Gasteiger partial charge is 0.0568 e. The van der Waals surface area contributed by atoms with E-state index in [4.69, 9.17) is 0 Å². The Kier molecular flexibility index (Phi) is 3.86. The van der Waals surface area contributed by atoms with Gasteiger partial charge < -0.3 is 5.11 Å². The minimum absolute atomic E-state index is 0.0404. The van der Waals surface area contributed by atoms with Crippen molar-refractivity contribution >= 4 is 0 Å². The van der Waals surface area contributed by atoms with Crippen molar-refractivity contribution in [1.82, 2.24) is 0 Å². The van der Waals surface area contributed by atoms with Crippen LogP contribution >= 0.6 is 0 Å². The summed E-state index contributed by atoms with van der Waals surface area (Å²) in [7, 11) is 0. The second-order valence-corrected chi connectivity index (χ2v) is 5.34. The highest BCUT2D eigenvalue weighted by Gasteiger charge is 2.25. The van der Waals surface area contributed by atoms with Gasteiger partial charge in [-0.2, -0.15) is 0 Å². The molecule has 0 saturated heterocycles. The van der Waals surface area contributed by atoms with Crippen molar-refractivity contribution in [1.29, 1.82) is 0 Å². The predicted molar refractivity (Wildman–Crippen MR) is 59.2 cm³/mol. The summed E-state index contributed by atoms with van der Waals surface area (Å²) in [5, 5.41) is 9.72. The number of aliphatic hydroxyl groups excluding tert-OH is 1. The Hall–Kier alpha value is -0.0400. The van der Waals surface area contributed by atoms with Gasteiger partial charge in [0.25, 0.3) is 0 Å². The Morgan fingerprint density at radius 2 is 1.57 bits per heavy atom. The Bertz CT molecular complexity index is 161. The first-order valence-corrected chi connectivity index (χ1v) is 6.54. The fraction of sp³-hybridized carbons (Fsp3) is 1.00. The molecule has 1 nitrogen and oxygen atoms in total. The van der Waals surface area contributed by atoms with Crippen LogP contribution in [0.4, 0.5) is 0 Å². The molecule has 1 N–H and O–H groups in total. The molecule has 2 aliphatic rings. The van der Waals surface area contributed by atoms with Gasteiger partial charge in [0, 0.05) is 0 Å². The van der Waals surface area contributed by atoms with Gasteiger partial charge in [0.05, 0.1) is 6.10 Å². The molecule has 0 aromatic rings. The highest BCUT2D eigenvalue weighted by atomic mass is 16.3. The van der Waals surface area contributed by atoms with E-state index in [9.17, 15) is 5.11 Å². The monoisotopic (exact) mass is 196 g/mol. The molecule has 0 amide bonds. The molecule has 1 heteroatoms. The van der Waals surface area contributed by atoms with E-state index >= 15 is 0 Å². The maximum absolute atomic E-state index is 9.72. The third kappa shape index (κ3) is 2.73. The van der Waals surface area contributed by atoms with Gasteiger partial charge in [0.1, 0.15) is 0 Å². The molecular formula is C13H24O. The van der Waals surface area contributed by atoms with E-state index < -0.39 is 0 Å². The van der Waals surface area contributed by atoms with Crippen LogP contribution < -0.4 is 0 Å². The lowest BCUT2D eigenvalue weighted by Crippen LogP contribution is -2.15. The molecule has 0 radical (unpaired) electrons. The average Bonchev–Trinajstić information content (AvgIpc) is 2.63. The molecule has 2 unspecified atom stereocenters. The second-order valence-electron chi connectivity index (χ2n) is 5.34. The van der Waals surface area contributed by atoms with E-state index in [0.717, 1.165) is 12.3 Å². The van der Waals surface area contributed by atoms with Crippen LogP contribution in [0.25, 0.3) is 0 Å². The van der Waals surface area contributed by atoms with Gasteiger partial charge in [-0.15, -0.1) is 0 Å². The fourth-order valence-corrected chi connectivity index (χ4v) is 3.28. The van der Waals surface area contributed by atoms with Crippen molar-refractivity contribution in [3.8, 4) is 0 Å². The molecule has 0 bridgehead atoms.